The second-order valence-corrected chi connectivity index (χ2v) is 7.90. The van der Waals surface area contributed by atoms with Gasteiger partial charge in [-0.3, -0.25) is 0 Å². The average Bonchev–Trinajstić information content (AvgIpc) is 2.59. The second kappa shape index (κ2) is 26.6. The molecule has 8 heteroatoms. The Hall–Kier alpha value is 0.530. The molecule has 6 nitrogen and oxygen atoms in total. The van der Waals surface area contributed by atoms with Crippen molar-refractivity contribution in [2.24, 2.45) is 0 Å². The average molecular weight is 449 g/mol. The molecule has 0 bridgehead atoms. The smallest absolute Gasteiger partial charge is 0.746 e. The minimum absolute atomic E-state index is 0. The van der Waals surface area contributed by atoms with Crippen LogP contribution >= 0.6 is 0 Å². The molecule has 0 amide bonds. The number of hydrogen-bond acceptors (Lipinski definition) is 6. The molecular weight excluding hydrogens is 403 g/mol. The Morgan fingerprint density at radius 3 is 1.86 bits per heavy atom. The molecule has 0 saturated carbocycles. The first-order chi connectivity index (χ1) is 12.5. The zero-order chi connectivity index (χ0) is 19.5. The maximum absolute atomic E-state index is 10.5. The molecule has 29 heavy (non-hydrogen) atoms. The summed E-state index contributed by atoms with van der Waals surface area (Å²) in [6.45, 7) is 7.08. The Morgan fingerprint density at radius 2 is 1.38 bits per heavy atom. The number of rotatable bonds is 20. The predicted molar refractivity (Wildman–Crippen MR) is 117 cm³/mol. The zero-order valence-corrected chi connectivity index (χ0v) is 20.1. The van der Waals surface area contributed by atoms with E-state index in [0.29, 0.717) is 19.8 Å². The van der Waals surface area contributed by atoms with E-state index in [1.165, 1.54) is 51.4 Å². The summed E-state index contributed by atoms with van der Waals surface area (Å²) in [6, 6.07) is 0. The fourth-order valence-electron chi connectivity index (χ4n) is 2.54. The molecule has 1 unspecified atom stereocenters. The zero-order valence-electron chi connectivity index (χ0n) is 17.3. The molecule has 0 spiro atoms. The van der Waals surface area contributed by atoms with Crippen molar-refractivity contribution in [3.05, 3.63) is 12.7 Å². The van der Waals surface area contributed by atoms with Crippen molar-refractivity contribution in [2.75, 3.05) is 32.4 Å². The largest absolute Gasteiger partial charge is 1.00 e. The molecule has 0 rings (SSSR count). The van der Waals surface area contributed by atoms with Gasteiger partial charge in [-0.1, -0.05) is 85.6 Å². The quantitative estimate of drug-likeness (QED) is 0.123. The van der Waals surface area contributed by atoms with E-state index in [2.05, 4.69) is 13.5 Å². The molecule has 0 heterocycles. The maximum atomic E-state index is 10.5. The molecule has 0 saturated heterocycles. The van der Waals surface area contributed by atoms with Crippen molar-refractivity contribution in [3.8, 4) is 0 Å². The summed E-state index contributed by atoms with van der Waals surface area (Å²) in [5, 5.41) is 0. The molecule has 0 aliphatic rings. The van der Waals surface area contributed by atoms with Crippen molar-refractivity contribution in [1.29, 1.82) is 0 Å². The van der Waals surface area contributed by atoms with Crippen LogP contribution < -0.4 is 29.6 Å². The van der Waals surface area contributed by atoms with Crippen LogP contribution in [-0.4, -0.2) is 51.4 Å². The number of ether oxygens (including phenoxy) is 3. The third-order valence-electron chi connectivity index (χ3n) is 3.93. The van der Waals surface area contributed by atoms with E-state index >= 15 is 0 Å². The van der Waals surface area contributed by atoms with Gasteiger partial charge in [0, 0.05) is 6.61 Å². The minimum atomic E-state index is -4.38. The first kappa shape index (κ1) is 36.9. The summed E-state index contributed by atoms with van der Waals surface area (Å²) >= 11 is 0. The fraction of sp³-hybridized carbons (Fsp3) is 0.905. The minimum Gasteiger partial charge on any atom is -0.746 e. The fourth-order valence-corrected chi connectivity index (χ4v) is 2.84. The SMILES string of the molecule is C.C.C=CCOC(COCCCCCCCCCCCC)COCS(=O)(=O)[O-].[Na+]. The third kappa shape index (κ3) is 30.8. The van der Waals surface area contributed by atoms with Crippen LogP contribution in [0.4, 0.5) is 0 Å². The van der Waals surface area contributed by atoms with Crippen molar-refractivity contribution < 1.29 is 56.7 Å². The Balaban J connectivity index is -0.00000104. The first-order valence-electron chi connectivity index (χ1n) is 9.81. The van der Waals surface area contributed by atoms with E-state index in [4.69, 9.17) is 14.2 Å². The van der Waals surface area contributed by atoms with Gasteiger partial charge in [-0.2, -0.15) is 0 Å². The Bertz CT molecular complexity index is 417. The predicted octanol–water partition coefficient (Wildman–Crippen LogP) is 2.29. The number of hydrogen-bond donors (Lipinski definition) is 0. The molecule has 1 atom stereocenters. The molecule has 172 valence electrons. The van der Waals surface area contributed by atoms with E-state index < -0.39 is 22.2 Å². The Labute approximate surface area is 203 Å². The van der Waals surface area contributed by atoms with Crippen molar-refractivity contribution >= 4 is 10.1 Å². The van der Waals surface area contributed by atoms with Gasteiger partial charge in [0.1, 0.15) is 22.2 Å². The third-order valence-corrected chi connectivity index (χ3v) is 4.38. The van der Waals surface area contributed by atoms with Gasteiger partial charge >= 0.3 is 29.6 Å². The normalized spacial score (nSPS) is 11.7. The van der Waals surface area contributed by atoms with Crippen LogP contribution in [0.15, 0.2) is 12.7 Å². The van der Waals surface area contributed by atoms with Gasteiger partial charge < -0.3 is 18.8 Å². The van der Waals surface area contributed by atoms with Crippen LogP contribution in [0, 0.1) is 0 Å². The van der Waals surface area contributed by atoms with Gasteiger partial charge in [-0.05, 0) is 6.42 Å². The van der Waals surface area contributed by atoms with E-state index in [9.17, 15) is 13.0 Å². The van der Waals surface area contributed by atoms with E-state index in [1.807, 2.05) is 0 Å². The van der Waals surface area contributed by atoms with Gasteiger partial charge in [0.05, 0.1) is 19.8 Å². The molecular formula is C21H45NaO6S. The second-order valence-electron chi connectivity index (χ2n) is 6.55. The summed E-state index contributed by atoms with van der Waals surface area (Å²) in [7, 11) is -4.38. The molecule has 0 aliphatic heterocycles. The van der Waals surface area contributed by atoms with Gasteiger partial charge in [0.2, 0.25) is 0 Å². The van der Waals surface area contributed by atoms with Gasteiger partial charge in [-0.15, -0.1) is 6.58 Å². The Morgan fingerprint density at radius 1 is 0.897 bits per heavy atom. The summed E-state index contributed by atoms with van der Waals surface area (Å²) in [4.78, 5) is 0. The molecule has 0 aromatic rings. The summed E-state index contributed by atoms with van der Waals surface area (Å²) in [5.41, 5.74) is 0. The Kier molecular flexibility index (Phi) is 33.8. The van der Waals surface area contributed by atoms with Crippen LogP contribution in [0.3, 0.4) is 0 Å². The van der Waals surface area contributed by atoms with Crippen LogP contribution in [0.5, 0.6) is 0 Å². The van der Waals surface area contributed by atoms with E-state index in [1.54, 1.807) is 6.08 Å². The first-order valence-corrected chi connectivity index (χ1v) is 11.4. The monoisotopic (exact) mass is 448 g/mol. The summed E-state index contributed by atoms with van der Waals surface area (Å²) < 4.78 is 47.5. The van der Waals surface area contributed by atoms with Crippen molar-refractivity contribution in [1.82, 2.24) is 0 Å². The van der Waals surface area contributed by atoms with Gasteiger partial charge in [0.25, 0.3) is 0 Å². The van der Waals surface area contributed by atoms with Gasteiger partial charge in [0.15, 0.2) is 0 Å². The molecule has 0 aliphatic carbocycles. The van der Waals surface area contributed by atoms with Gasteiger partial charge in [-0.25, -0.2) is 8.42 Å². The van der Waals surface area contributed by atoms with Crippen molar-refractivity contribution in [2.45, 2.75) is 92.1 Å². The van der Waals surface area contributed by atoms with Crippen LogP contribution in [0.1, 0.15) is 86.0 Å². The molecule has 0 aromatic carbocycles. The van der Waals surface area contributed by atoms with Crippen LogP contribution in [-0.2, 0) is 24.3 Å². The molecule has 0 aromatic heterocycles. The number of unbranched alkanes of at least 4 members (excludes halogenated alkanes) is 9. The van der Waals surface area contributed by atoms with Crippen molar-refractivity contribution in [3.63, 3.8) is 0 Å². The van der Waals surface area contributed by atoms with E-state index in [-0.39, 0.29) is 51.0 Å². The van der Waals surface area contributed by atoms with Crippen LogP contribution in [0.25, 0.3) is 0 Å². The molecule has 0 fully saturated rings. The molecule has 0 N–H and O–H groups in total. The summed E-state index contributed by atoms with van der Waals surface area (Å²) in [5.74, 6) is -0.848. The molecule has 0 radical (unpaired) electrons. The summed E-state index contributed by atoms with van der Waals surface area (Å²) in [6.07, 6.45) is 13.9. The topological polar surface area (TPSA) is 84.9 Å². The standard InChI is InChI=1S/C19H38O6S.2CH4.Na/c1-3-5-6-7-8-9-10-11-12-13-15-23-16-19(25-14-4-2)17-24-18-26(20,21)22;;;/h4,19H,2-3,5-18H2,1H3,(H,20,21,22);2*1H4;/q;;;+1/p-1. The van der Waals surface area contributed by atoms with Crippen LogP contribution in [0.2, 0.25) is 0 Å². The maximum Gasteiger partial charge on any atom is 1.00 e. The van der Waals surface area contributed by atoms with E-state index in [0.717, 1.165) is 12.8 Å².